The first-order valence-corrected chi connectivity index (χ1v) is 40.2. The Morgan fingerprint density at radius 2 is 1.07 bits per heavy atom. The Morgan fingerprint density at radius 1 is 0.563 bits per heavy atom. The van der Waals surface area contributed by atoms with Crippen LogP contribution in [0.5, 0.6) is 0 Å². The summed E-state index contributed by atoms with van der Waals surface area (Å²) < 4.78 is 44.1. The molecule has 0 saturated carbocycles. The minimum atomic E-state index is -5.08. The summed E-state index contributed by atoms with van der Waals surface area (Å²) in [6.45, 7) is 26.6. The van der Waals surface area contributed by atoms with Gasteiger partial charge in [0.15, 0.2) is 5.69 Å². The number of amides is 15. The maximum atomic E-state index is 14.7. The van der Waals surface area contributed by atoms with Crippen molar-refractivity contribution >= 4 is 112 Å². The number of hydrogen-bond acceptors (Lipinski definition) is 17. The molecule has 15 amide bonds. The second kappa shape index (κ2) is 47.3. The van der Waals surface area contributed by atoms with Crippen LogP contribution in [-0.4, -0.2) is 275 Å². The Kier molecular flexibility index (Phi) is 40.8. The molecule has 2 unspecified atom stereocenters. The van der Waals surface area contributed by atoms with E-state index in [0.29, 0.717) is 17.5 Å². The summed E-state index contributed by atoms with van der Waals surface area (Å²) in [6.07, 6.45) is -3.83. The van der Waals surface area contributed by atoms with Gasteiger partial charge >= 0.3 is 6.18 Å². The topological polar surface area (TPSA) is 413 Å². The van der Waals surface area contributed by atoms with Crippen LogP contribution in [0.25, 0.3) is 5.69 Å². The first kappa shape index (κ1) is 103. The van der Waals surface area contributed by atoms with Crippen LogP contribution in [0.3, 0.4) is 0 Å². The molecule has 0 fully saturated rings. The van der Waals surface area contributed by atoms with Gasteiger partial charge in [0.05, 0.1) is 43.1 Å². The van der Waals surface area contributed by atoms with E-state index in [1.54, 1.807) is 41.8 Å². The molecular formula is C82H125ClF3N17O16. The van der Waals surface area contributed by atoms with Gasteiger partial charge in [-0.05, 0) is 136 Å². The van der Waals surface area contributed by atoms with Crippen molar-refractivity contribution < 1.29 is 90.2 Å². The van der Waals surface area contributed by atoms with Crippen LogP contribution in [0.15, 0.2) is 61.3 Å². The molecule has 0 spiro atoms. The zero-order valence-electron chi connectivity index (χ0n) is 72.7. The van der Waals surface area contributed by atoms with E-state index in [1.165, 1.54) is 128 Å². The van der Waals surface area contributed by atoms with Crippen molar-refractivity contribution in [3.63, 3.8) is 0 Å². The number of likely N-dealkylation sites (N-methyl/N-ethyl adjacent to an activating group) is 7. The molecule has 0 aliphatic heterocycles. The summed E-state index contributed by atoms with van der Waals surface area (Å²) in [5.74, 6) is -11.3. The minimum absolute atomic E-state index is 0.00200. The Bertz CT molecular complexity index is 4060. The first-order valence-electron chi connectivity index (χ1n) is 39.8. The number of hydrogen-bond donors (Lipinski definition) is 9. The van der Waals surface area contributed by atoms with Crippen molar-refractivity contribution in [3.05, 3.63) is 83.2 Å². The highest BCUT2D eigenvalue weighted by atomic mass is 35.5. The van der Waals surface area contributed by atoms with Crippen molar-refractivity contribution in [2.24, 2.45) is 35.5 Å². The summed E-state index contributed by atoms with van der Waals surface area (Å²) in [5.41, 5.74) is -2.22. The maximum Gasteiger partial charge on any atom is 0.434 e. The summed E-state index contributed by atoms with van der Waals surface area (Å²) in [4.78, 5) is 213. The highest BCUT2D eigenvalue weighted by Gasteiger charge is 2.43. The number of carbonyl (C=O) groups excluding carboxylic acids is 15. The number of aromatic nitrogens is 2. The lowest BCUT2D eigenvalue weighted by Gasteiger charge is -2.36. The quantitative estimate of drug-likeness (QED) is 0.0250. The van der Waals surface area contributed by atoms with Crippen LogP contribution in [0, 0.1) is 35.5 Å². The first-order chi connectivity index (χ1) is 55.3. The van der Waals surface area contributed by atoms with Gasteiger partial charge in [-0.2, -0.15) is 18.3 Å². The highest BCUT2D eigenvalue weighted by Crippen LogP contribution is 2.35. The third-order valence-electron chi connectivity index (χ3n) is 20.0. The number of aliphatic hydroxyl groups is 1. The molecule has 119 heavy (non-hydrogen) atoms. The molecule has 10 atom stereocenters. The minimum Gasteiger partial charge on any atom is -0.392 e. The lowest BCUT2D eigenvalue weighted by molar-refractivity contribution is -0.150. The van der Waals surface area contributed by atoms with Crippen molar-refractivity contribution in [3.8, 4) is 5.69 Å². The fourth-order valence-electron chi connectivity index (χ4n) is 13.0. The van der Waals surface area contributed by atoms with E-state index in [1.807, 2.05) is 55.4 Å². The summed E-state index contributed by atoms with van der Waals surface area (Å²) in [5, 5.41) is 35.7. The molecule has 37 heteroatoms. The lowest BCUT2D eigenvalue weighted by atomic mass is 9.95. The van der Waals surface area contributed by atoms with E-state index in [0.717, 1.165) is 17.2 Å². The smallest absolute Gasteiger partial charge is 0.392 e. The molecule has 3 rings (SSSR count). The Balaban J connectivity index is 1.56. The average Bonchev–Trinajstić information content (AvgIpc) is 1.63. The second-order valence-corrected chi connectivity index (χ2v) is 32.8. The van der Waals surface area contributed by atoms with Crippen LogP contribution in [0.4, 0.5) is 24.5 Å². The van der Waals surface area contributed by atoms with E-state index in [-0.39, 0.29) is 115 Å². The molecule has 33 nitrogen and oxygen atoms in total. The zero-order chi connectivity index (χ0) is 90.7. The number of anilines is 2. The average molecular weight is 1700 g/mol. The van der Waals surface area contributed by atoms with E-state index >= 15 is 0 Å². The molecule has 9 N–H and O–H groups in total. The molecule has 3 aromatic rings. The largest absolute Gasteiger partial charge is 0.434 e. The summed E-state index contributed by atoms with van der Waals surface area (Å²) in [7, 11) is 11.7. The third kappa shape index (κ3) is 31.3. The molecule has 0 aliphatic carbocycles. The highest BCUT2D eigenvalue weighted by molar-refractivity contribution is 6.31. The van der Waals surface area contributed by atoms with E-state index in [2.05, 4.69) is 54.2 Å². The number of benzene rings is 2. The fraction of sp³-hybridized carbons (Fsp3) is 0.610. The third-order valence-corrected chi connectivity index (χ3v) is 20.2. The van der Waals surface area contributed by atoms with Gasteiger partial charge in [0.1, 0.15) is 48.3 Å². The number of rotatable bonds is 45. The normalized spacial score (nSPS) is 14.0. The van der Waals surface area contributed by atoms with Crippen LogP contribution in [0.1, 0.15) is 175 Å². The Morgan fingerprint density at radius 3 is 1.59 bits per heavy atom. The Hall–Kier alpha value is -10.5. The predicted octanol–water partition coefficient (Wildman–Crippen LogP) is 5.48. The van der Waals surface area contributed by atoms with Gasteiger partial charge in [0.25, 0.3) is 11.8 Å². The molecule has 0 bridgehead atoms. The van der Waals surface area contributed by atoms with Crippen molar-refractivity contribution in [1.82, 2.24) is 76.0 Å². The van der Waals surface area contributed by atoms with Gasteiger partial charge < -0.3 is 81.9 Å². The predicted molar refractivity (Wildman–Crippen MR) is 443 cm³/mol. The van der Waals surface area contributed by atoms with Gasteiger partial charge in [-0.1, -0.05) is 101 Å². The number of nitrogens with one attached hydrogen (secondary N) is 8. The van der Waals surface area contributed by atoms with Gasteiger partial charge in [-0.15, -0.1) is 0 Å². The van der Waals surface area contributed by atoms with E-state index in [4.69, 9.17) is 11.6 Å². The van der Waals surface area contributed by atoms with Gasteiger partial charge in [-0.25, -0.2) is 4.68 Å². The van der Waals surface area contributed by atoms with Gasteiger partial charge in [0.2, 0.25) is 76.8 Å². The van der Waals surface area contributed by atoms with E-state index in [9.17, 15) is 90.2 Å². The number of carbonyl (C=O) groups is 15. The van der Waals surface area contributed by atoms with Gasteiger partial charge in [0, 0.05) is 97.9 Å². The molecular weight excluding hydrogens is 1570 g/mol. The lowest BCUT2D eigenvalue weighted by Crippen LogP contribution is -2.60. The standard InChI is InChI=1S/C82H125ClF3N17O16/c1-24-59(94-66(107)41-63(104)50(13)27-26-28-65(106)87-33-34-88-73(111)53-29-31-57(32-30-53)103-71(82(84,85)86)58(42-89-103)74(112)93-56-39-54(83)38-55(40-56)92-64(105)25-2)78(116)97(18)43-67(108)99(20)60(35-45(3)4)76(114)95-69(48(9)10)80(118)100(21)61(36-46(5)6)75(113)90-51(14)72(110)91-52(15)77(115)101(22)62(37-47(7)8)79(117)98(19)44-68(109)102(23)70(49(11)12)81(119)96(16)17/h25,29-32,38-40,42,45-52,59-63,69-70,104H,2,24,26-28,33-37,41,43-44H2,1,3-23H3,(H,87,106)(H,88,111)(H,90,113)(H,91,110)(H,92,105)(H,93,112)(H,94,107)(H,95,114)/t50-,51+,52-,59+,60+,61+,62+,63+,69?,70?/m1/s1. The molecule has 2 aromatic carbocycles. The molecule has 662 valence electrons. The monoisotopic (exact) mass is 1700 g/mol. The van der Waals surface area contributed by atoms with Crippen molar-refractivity contribution in [2.45, 2.75) is 209 Å². The molecule has 0 aliphatic rings. The van der Waals surface area contributed by atoms with Crippen LogP contribution in [-0.2, 0) is 68.5 Å². The van der Waals surface area contributed by atoms with Gasteiger partial charge in [-0.3, -0.25) is 71.9 Å². The number of alkyl halides is 3. The van der Waals surface area contributed by atoms with Crippen LogP contribution < -0.4 is 42.5 Å². The number of aliphatic hydroxyl groups excluding tert-OH is 1. The molecule has 0 saturated heterocycles. The number of halogens is 4. The molecule has 1 aromatic heterocycles. The number of nitrogens with zero attached hydrogens (tertiary/aromatic N) is 9. The zero-order valence-corrected chi connectivity index (χ0v) is 73.4. The van der Waals surface area contributed by atoms with Crippen molar-refractivity contribution in [1.29, 1.82) is 0 Å². The SMILES string of the molecule is C=CC(=O)Nc1cc(Cl)cc(NC(=O)c2cnn(-c3ccc(C(=O)NCCNC(=O)CCC[C@@H](C)[C@@H](O)CC(=O)N[C@@H](CC)C(=O)N(C)CC(=O)N(C)[C@@H](CC(C)C)C(=O)NC(C(=O)N(C)[C@@H](CC(C)C)C(=O)N[C@@H](C)C(=O)N[C@H](C)C(=O)N(C)[C@@H](CC(C)C)C(=O)N(C)CC(=O)N(C)C(C(=O)N(C)C)C(C)C)C(C)C)cc3)c2C(F)(F)F)c1. The van der Waals surface area contributed by atoms with Crippen LogP contribution >= 0.6 is 11.6 Å². The van der Waals surface area contributed by atoms with Crippen LogP contribution in [0.2, 0.25) is 5.02 Å². The Labute approximate surface area is 701 Å². The summed E-state index contributed by atoms with van der Waals surface area (Å²) in [6, 6.07) is -0.276. The maximum absolute atomic E-state index is 14.7. The molecule has 0 radical (unpaired) electrons. The fourth-order valence-corrected chi connectivity index (χ4v) is 13.2. The van der Waals surface area contributed by atoms with E-state index < -0.39 is 173 Å². The second-order valence-electron chi connectivity index (χ2n) is 32.4. The summed E-state index contributed by atoms with van der Waals surface area (Å²) >= 11 is 6.10. The van der Waals surface area contributed by atoms with Crippen molar-refractivity contribution in [2.75, 3.05) is 93.2 Å². The molecule has 1 heterocycles.